The quantitative estimate of drug-likeness (QED) is 0.203. The number of nitrogen functional groups attached to an aromatic ring is 1. The van der Waals surface area contributed by atoms with E-state index in [1.165, 1.54) is 36.4 Å². The Morgan fingerprint density at radius 1 is 0.816 bits per heavy atom. The van der Waals surface area contributed by atoms with Crippen molar-refractivity contribution in [3.63, 3.8) is 0 Å². The Morgan fingerprint density at radius 2 is 1.45 bits per heavy atom. The second-order valence-electron chi connectivity index (χ2n) is 8.41. The number of amidine groups is 1. The van der Waals surface area contributed by atoms with Gasteiger partial charge in [0.05, 0.1) is 21.7 Å². The summed E-state index contributed by atoms with van der Waals surface area (Å²) < 4.78 is 39.3. The van der Waals surface area contributed by atoms with Crippen molar-refractivity contribution in [1.82, 2.24) is 0 Å². The summed E-state index contributed by atoms with van der Waals surface area (Å²) in [6, 6.07) is 22.7. The minimum Gasteiger partial charge on any atom is -0.384 e. The van der Waals surface area contributed by atoms with E-state index in [1.54, 1.807) is 48.5 Å². The van der Waals surface area contributed by atoms with Crippen LogP contribution < -0.4 is 16.4 Å². The molecule has 8 nitrogen and oxygen atoms in total. The molecule has 0 aliphatic rings. The Labute approximate surface area is 218 Å². The highest BCUT2D eigenvalue weighted by molar-refractivity contribution is 7.90. The number of hydrogen-bond acceptors (Lipinski definition) is 5. The van der Waals surface area contributed by atoms with Gasteiger partial charge in [0.2, 0.25) is 0 Å². The van der Waals surface area contributed by atoms with Crippen LogP contribution in [0.25, 0.3) is 11.1 Å². The van der Waals surface area contributed by atoms with Gasteiger partial charge in [0, 0.05) is 23.1 Å². The first-order valence-corrected chi connectivity index (χ1v) is 13.2. The van der Waals surface area contributed by atoms with Gasteiger partial charge in [-0.05, 0) is 48.0 Å². The average Bonchev–Trinajstić information content (AvgIpc) is 2.89. The van der Waals surface area contributed by atoms with Crippen LogP contribution in [0.15, 0.2) is 95.9 Å². The summed E-state index contributed by atoms with van der Waals surface area (Å²) in [7, 11) is -3.55. The number of nitrogens with two attached hydrogens (primary N) is 1. The number of amides is 2. The molecule has 0 spiro atoms. The van der Waals surface area contributed by atoms with E-state index < -0.39 is 27.5 Å². The summed E-state index contributed by atoms with van der Waals surface area (Å²) in [5, 5.41) is 12.7. The van der Waals surface area contributed by atoms with E-state index in [1.807, 2.05) is 0 Å². The number of nitrogens with one attached hydrogen (secondary N) is 3. The molecule has 0 atom stereocenters. The standard InChI is InChI=1S/C28H23FN4O4S/c1-38(36,37)25-12-5-4-9-20(25)17-13-14-24(23(29)16-17)33-28(35)22-11-3-2-10-21(22)27(34)32-19-8-6-7-18(15-19)26(30)31/h2-16H,1H3,(H3,30,31)(H,32,34)(H,33,35). The second-order valence-corrected chi connectivity index (χ2v) is 10.4. The number of hydrogen-bond donors (Lipinski definition) is 4. The molecule has 0 fully saturated rings. The maximum atomic E-state index is 15.0. The zero-order valence-corrected chi connectivity index (χ0v) is 21.0. The molecule has 0 saturated heterocycles. The van der Waals surface area contributed by atoms with Gasteiger partial charge in [-0.3, -0.25) is 15.0 Å². The van der Waals surface area contributed by atoms with Crippen molar-refractivity contribution in [3.05, 3.63) is 114 Å². The van der Waals surface area contributed by atoms with Gasteiger partial charge in [0.25, 0.3) is 11.8 Å². The smallest absolute Gasteiger partial charge is 0.256 e. The van der Waals surface area contributed by atoms with E-state index in [2.05, 4.69) is 10.6 Å². The van der Waals surface area contributed by atoms with Gasteiger partial charge in [0.15, 0.2) is 9.84 Å². The van der Waals surface area contributed by atoms with Gasteiger partial charge in [0.1, 0.15) is 11.7 Å². The molecule has 2 amide bonds. The molecule has 0 unspecified atom stereocenters. The maximum Gasteiger partial charge on any atom is 0.256 e. The largest absolute Gasteiger partial charge is 0.384 e. The monoisotopic (exact) mass is 530 g/mol. The first kappa shape index (κ1) is 26.2. The van der Waals surface area contributed by atoms with Gasteiger partial charge in [-0.15, -0.1) is 0 Å². The van der Waals surface area contributed by atoms with E-state index in [-0.39, 0.29) is 27.5 Å². The van der Waals surface area contributed by atoms with Crippen molar-refractivity contribution in [3.8, 4) is 11.1 Å². The Morgan fingerprint density at radius 3 is 2.08 bits per heavy atom. The van der Waals surface area contributed by atoms with Gasteiger partial charge in [-0.1, -0.05) is 48.5 Å². The van der Waals surface area contributed by atoms with Crippen LogP contribution in [0.2, 0.25) is 0 Å². The minimum atomic E-state index is -3.55. The molecule has 0 saturated carbocycles. The molecule has 4 aromatic rings. The van der Waals surface area contributed by atoms with Crippen LogP contribution >= 0.6 is 0 Å². The fourth-order valence-electron chi connectivity index (χ4n) is 3.84. The van der Waals surface area contributed by atoms with Crippen LogP contribution in [0.4, 0.5) is 15.8 Å². The van der Waals surface area contributed by atoms with Gasteiger partial charge >= 0.3 is 0 Å². The molecule has 5 N–H and O–H groups in total. The molecular weight excluding hydrogens is 507 g/mol. The molecule has 0 radical (unpaired) electrons. The maximum absolute atomic E-state index is 15.0. The summed E-state index contributed by atoms with van der Waals surface area (Å²) >= 11 is 0. The van der Waals surface area contributed by atoms with Crippen LogP contribution in [0, 0.1) is 11.2 Å². The lowest BCUT2D eigenvalue weighted by Crippen LogP contribution is -2.21. The Kier molecular flexibility index (Phi) is 7.35. The molecule has 0 aromatic heterocycles. The third kappa shape index (κ3) is 5.76. The predicted octanol–water partition coefficient (Wildman–Crippen LogP) is 4.68. The van der Waals surface area contributed by atoms with Crippen LogP contribution in [0.1, 0.15) is 26.3 Å². The zero-order valence-electron chi connectivity index (χ0n) is 20.2. The first-order valence-electron chi connectivity index (χ1n) is 11.3. The van der Waals surface area contributed by atoms with E-state index >= 15 is 4.39 Å². The Balaban J connectivity index is 1.58. The average molecular weight is 531 g/mol. The fraction of sp³-hybridized carbons (Fsp3) is 0.0357. The van der Waals surface area contributed by atoms with Crippen molar-refractivity contribution in [2.75, 3.05) is 16.9 Å². The second kappa shape index (κ2) is 10.7. The lowest BCUT2D eigenvalue weighted by atomic mass is 10.0. The fourth-order valence-corrected chi connectivity index (χ4v) is 4.76. The predicted molar refractivity (Wildman–Crippen MR) is 145 cm³/mol. The molecule has 4 aromatic carbocycles. The Hall–Kier alpha value is -4.83. The summed E-state index contributed by atoms with van der Waals surface area (Å²) in [6.45, 7) is 0. The van der Waals surface area contributed by atoms with Crippen molar-refractivity contribution in [1.29, 1.82) is 5.41 Å². The Bertz CT molecular complexity index is 1690. The van der Waals surface area contributed by atoms with Crippen molar-refractivity contribution in [2.45, 2.75) is 4.90 Å². The lowest BCUT2D eigenvalue weighted by Gasteiger charge is -2.13. The molecule has 4 rings (SSSR count). The van der Waals surface area contributed by atoms with Crippen molar-refractivity contribution >= 4 is 38.9 Å². The first-order chi connectivity index (χ1) is 18.0. The number of carbonyl (C=O) groups excluding carboxylic acids is 2. The zero-order chi connectivity index (χ0) is 27.4. The topological polar surface area (TPSA) is 142 Å². The van der Waals surface area contributed by atoms with E-state index in [4.69, 9.17) is 11.1 Å². The van der Waals surface area contributed by atoms with E-state index in [9.17, 15) is 18.0 Å². The van der Waals surface area contributed by atoms with Crippen LogP contribution in [-0.2, 0) is 9.84 Å². The van der Waals surface area contributed by atoms with Gasteiger partial charge in [-0.25, -0.2) is 12.8 Å². The number of rotatable bonds is 7. The molecule has 0 bridgehead atoms. The molecule has 10 heteroatoms. The third-order valence-corrected chi connectivity index (χ3v) is 6.82. The molecule has 192 valence electrons. The number of benzene rings is 4. The normalized spacial score (nSPS) is 11.0. The number of anilines is 2. The van der Waals surface area contributed by atoms with E-state index in [0.717, 1.165) is 12.3 Å². The molecule has 0 heterocycles. The lowest BCUT2D eigenvalue weighted by molar-refractivity contribution is 0.0990. The summed E-state index contributed by atoms with van der Waals surface area (Å²) in [4.78, 5) is 26.1. The number of carbonyl (C=O) groups is 2. The van der Waals surface area contributed by atoms with Crippen LogP contribution in [0.5, 0.6) is 0 Å². The summed E-state index contributed by atoms with van der Waals surface area (Å²) in [5.74, 6) is -2.23. The summed E-state index contributed by atoms with van der Waals surface area (Å²) in [6.07, 6.45) is 1.07. The molecule has 0 aliphatic heterocycles. The number of sulfone groups is 1. The van der Waals surface area contributed by atoms with Crippen LogP contribution in [-0.4, -0.2) is 32.3 Å². The third-order valence-electron chi connectivity index (χ3n) is 5.66. The SMILES string of the molecule is CS(=O)(=O)c1ccccc1-c1ccc(NC(=O)c2ccccc2C(=O)Nc2cccc(C(=N)N)c2)c(F)c1. The van der Waals surface area contributed by atoms with E-state index in [0.29, 0.717) is 22.4 Å². The highest BCUT2D eigenvalue weighted by Gasteiger charge is 2.20. The van der Waals surface area contributed by atoms with Gasteiger partial charge in [-0.2, -0.15) is 0 Å². The molecular formula is C28H23FN4O4S. The van der Waals surface area contributed by atoms with Crippen LogP contribution in [0.3, 0.4) is 0 Å². The molecule has 38 heavy (non-hydrogen) atoms. The molecule has 0 aliphatic carbocycles. The highest BCUT2D eigenvalue weighted by Crippen LogP contribution is 2.30. The van der Waals surface area contributed by atoms with Crippen molar-refractivity contribution in [2.24, 2.45) is 5.73 Å². The summed E-state index contributed by atoms with van der Waals surface area (Å²) in [5.41, 5.74) is 6.90. The van der Waals surface area contributed by atoms with Gasteiger partial charge < -0.3 is 16.4 Å². The van der Waals surface area contributed by atoms with Crippen molar-refractivity contribution < 1.29 is 22.4 Å². The minimum absolute atomic E-state index is 0.0126. The number of halogens is 1. The highest BCUT2D eigenvalue weighted by atomic mass is 32.2.